The van der Waals surface area contributed by atoms with Crippen molar-refractivity contribution in [1.82, 2.24) is 0 Å². The van der Waals surface area contributed by atoms with Crippen LogP contribution in [0.3, 0.4) is 0 Å². The number of aliphatic hydroxyl groups excluding tert-OH is 4. The Balaban J connectivity index is 1.37. The fourth-order valence-corrected chi connectivity index (χ4v) is 5.73. The highest BCUT2D eigenvalue weighted by atomic mass is 16.7. The number of aromatic hydroxyl groups is 4. The van der Waals surface area contributed by atoms with Crippen LogP contribution in [0.5, 0.6) is 34.5 Å². The average Bonchev–Trinajstić information content (AvgIpc) is 3.39. The van der Waals surface area contributed by atoms with E-state index in [1.54, 1.807) is 42.5 Å². The minimum absolute atomic E-state index is 0.0700. The zero-order chi connectivity index (χ0) is 31.8. The van der Waals surface area contributed by atoms with Crippen LogP contribution >= 0.6 is 0 Å². The number of phenols is 4. The molecule has 2 aliphatic heterocycles. The highest BCUT2D eigenvalue weighted by Crippen LogP contribution is 2.51. The molecule has 0 spiro atoms. The van der Waals surface area contributed by atoms with Crippen LogP contribution in [0.15, 0.2) is 78.9 Å². The summed E-state index contributed by atoms with van der Waals surface area (Å²) in [4.78, 5) is 0. The van der Waals surface area contributed by atoms with Crippen LogP contribution in [-0.4, -0.2) is 78.2 Å². The standard InChI is InChI=1S/C34H32O11/c35-16-28-30(40)31(41)32(42)34(45-28)43-25-13-20(12-24(39)15-25)29-26-11-17(1-2-18-9-22(37)14-23(38)10-18)3-8-27(26)44-33(29)19-4-6-21(36)7-5-19/h1-15,28-42H,16H2/b2-1+/t28-,29+,30-,31+,32-,33-,34-/m1/s1. The normalized spacial score (nSPS) is 26.0. The minimum atomic E-state index is -1.64. The molecule has 11 nitrogen and oxygen atoms in total. The number of benzene rings is 4. The Morgan fingerprint density at radius 3 is 2.04 bits per heavy atom. The molecule has 0 amide bonds. The summed E-state index contributed by atoms with van der Waals surface area (Å²) in [7, 11) is 0. The van der Waals surface area contributed by atoms with Gasteiger partial charge in [-0.2, -0.15) is 0 Å². The molecule has 234 valence electrons. The van der Waals surface area contributed by atoms with Crippen molar-refractivity contribution in [2.75, 3.05) is 6.61 Å². The molecule has 6 rings (SSSR count). The first-order valence-corrected chi connectivity index (χ1v) is 14.2. The highest BCUT2D eigenvalue weighted by molar-refractivity contribution is 5.72. The molecule has 7 atom stereocenters. The topological polar surface area (TPSA) is 190 Å². The van der Waals surface area contributed by atoms with E-state index >= 15 is 0 Å². The third kappa shape index (κ3) is 6.25. The maximum Gasteiger partial charge on any atom is 0.229 e. The number of aliphatic hydroxyl groups is 4. The molecule has 2 heterocycles. The summed E-state index contributed by atoms with van der Waals surface area (Å²) >= 11 is 0. The van der Waals surface area contributed by atoms with Gasteiger partial charge in [0.2, 0.25) is 6.29 Å². The van der Waals surface area contributed by atoms with Crippen molar-refractivity contribution in [3.05, 3.63) is 107 Å². The maximum atomic E-state index is 10.8. The molecule has 0 aliphatic carbocycles. The van der Waals surface area contributed by atoms with Crippen molar-refractivity contribution >= 4 is 12.2 Å². The minimum Gasteiger partial charge on any atom is -0.508 e. The summed E-state index contributed by atoms with van der Waals surface area (Å²) in [6.45, 7) is -0.621. The molecule has 45 heavy (non-hydrogen) atoms. The lowest BCUT2D eigenvalue weighted by Gasteiger charge is -2.39. The molecular weight excluding hydrogens is 584 g/mol. The predicted octanol–water partition coefficient (Wildman–Crippen LogP) is 3.12. The number of rotatable bonds is 7. The molecule has 11 heteroatoms. The van der Waals surface area contributed by atoms with Crippen molar-refractivity contribution in [2.45, 2.75) is 42.7 Å². The summed E-state index contributed by atoms with van der Waals surface area (Å²) < 4.78 is 17.7. The predicted molar refractivity (Wildman–Crippen MR) is 161 cm³/mol. The fraction of sp³-hybridized carbons (Fsp3) is 0.235. The van der Waals surface area contributed by atoms with Crippen LogP contribution < -0.4 is 9.47 Å². The number of ether oxygens (including phenoxy) is 3. The van der Waals surface area contributed by atoms with Crippen molar-refractivity contribution < 1.29 is 55.1 Å². The molecule has 0 bridgehead atoms. The summed E-state index contributed by atoms with van der Waals surface area (Å²) in [5.74, 6) is -0.0312. The van der Waals surface area contributed by atoms with Crippen LogP contribution in [0.1, 0.15) is 39.8 Å². The summed E-state index contributed by atoms with van der Waals surface area (Å²) in [6, 6.07) is 20.9. The van der Waals surface area contributed by atoms with Gasteiger partial charge in [0.15, 0.2) is 0 Å². The number of hydrogen-bond donors (Lipinski definition) is 8. The van der Waals surface area contributed by atoms with Gasteiger partial charge in [0, 0.05) is 17.7 Å². The van der Waals surface area contributed by atoms with Gasteiger partial charge in [0.05, 0.1) is 12.5 Å². The Kier molecular flexibility index (Phi) is 8.28. The lowest BCUT2D eigenvalue weighted by molar-refractivity contribution is -0.277. The molecule has 0 unspecified atom stereocenters. The smallest absolute Gasteiger partial charge is 0.229 e. The van der Waals surface area contributed by atoms with E-state index in [0.717, 1.165) is 16.7 Å². The number of phenolic OH excluding ortho intramolecular Hbond substituents is 4. The van der Waals surface area contributed by atoms with Gasteiger partial charge < -0.3 is 55.1 Å². The van der Waals surface area contributed by atoms with Crippen LogP contribution in [0.25, 0.3) is 12.2 Å². The molecular formula is C34H32O11. The van der Waals surface area contributed by atoms with Crippen molar-refractivity contribution in [3.63, 3.8) is 0 Å². The van der Waals surface area contributed by atoms with Crippen LogP contribution in [0.2, 0.25) is 0 Å². The van der Waals surface area contributed by atoms with E-state index in [1.165, 1.54) is 24.3 Å². The van der Waals surface area contributed by atoms with E-state index in [0.29, 0.717) is 16.9 Å². The second-order valence-electron chi connectivity index (χ2n) is 11.1. The third-order valence-electron chi connectivity index (χ3n) is 7.91. The molecule has 2 aliphatic rings. The molecule has 0 aromatic heterocycles. The average molecular weight is 617 g/mol. The lowest BCUT2D eigenvalue weighted by Crippen LogP contribution is -2.60. The van der Waals surface area contributed by atoms with Crippen LogP contribution in [0.4, 0.5) is 0 Å². The first kappa shape index (κ1) is 30.3. The molecule has 0 saturated carbocycles. The van der Waals surface area contributed by atoms with E-state index in [1.807, 2.05) is 24.3 Å². The van der Waals surface area contributed by atoms with E-state index < -0.39 is 49.3 Å². The van der Waals surface area contributed by atoms with Crippen molar-refractivity contribution in [2.24, 2.45) is 0 Å². The van der Waals surface area contributed by atoms with Gasteiger partial charge in [0.25, 0.3) is 0 Å². The Morgan fingerprint density at radius 1 is 0.644 bits per heavy atom. The van der Waals surface area contributed by atoms with Crippen LogP contribution in [0, 0.1) is 0 Å². The van der Waals surface area contributed by atoms with Gasteiger partial charge >= 0.3 is 0 Å². The number of hydrogen-bond acceptors (Lipinski definition) is 11. The molecule has 1 saturated heterocycles. The zero-order valence-electron chi connectivity index (χ0n) is 23.7. The Labute approximate surface area is 257 Å². The Morgan fingerprint density at radius 2 is 1.33 bits per heavy atom. The van der Waals surface area contributed by atoms with Crippen LogP contribution in [-0.2, 0) is 4.74 Å². The second-order valence-corrected chi connectivity index (χ2v) is 11.1. The zero-order valence-corrected chi connectivity index (χ0v) is 23.7. The van der Waals surface area contributed by atoms with E-state index in [2.05, 4.69) is 0 Å². The first-order valence-electron chi connectivity index (χ1n) is 14.2. The summed E-state index contributed by atoms with van der Waals surface area (Å²) in [5, 5.41) is 80.7. The van der Waals surface area contributed by atoms with Gasteiger partial charge in [-0.05, 0) is 70.8 Å². The summed E-state index contributed by atoms with van der Waals surface area (Å²) in [5.41, 5.74) is 3.48. The van der Waals surface area contributed by atoms with Gasteiger partial charge in [-0.3, -0.25) is 0 Å². The lowest BCUT2D eigenvalue weighted by atomic mass is 9.84. The van der Waals surface area contributed by atoms with Gasteiger partial charge in [-0.25, -0.2) is 0 Å². The largest absolute Gasteiger partial charge is 0.508 e. The summed E-state index contributed by atoms with van der Waals surface area (Å²) in [6.07, 6.45) is -4.48. The van der Waals surface area contributed by atoms with E-state index in [-0.39, 0.29) is 28.7 Å². The van der Waals surface area contributed by atoms with Crippen molar-refractivity contribution in [3.8, 4) is 34.5 Å². The van der Waals surface area contributed by atoms with Crippen molar-refractivity contribution in [1.29, 1.82) is 0 Å². The third-order valence-corrected chi connectivity index (χ3v) is 7.91. The van der Waals surface area contributed by atoms with Gasteiger partial charge in [-0.15, -0.1) is 0 Å². The first-order chi connectivity index (χ1) is 21.6. The Bertz CT molecular complexity index is 1680. The molecule has 0 radical (unpaired) electrons. The van der Waals surface area contributed by atoms with Gasteiger partial charge in [-0.1, -0.05) is 30.4 Å². The molecule has 1 fully saturated rings. The Hall–Kier alpha value is -4.78. The fourth-order valence-electron chi connectivity index (χ4n) is 5.73. The van der Waals surface area contributed by atoms with E-state index in [9.17, 15) is 40.9 Å². The quantitative estimate of drug-likeness (QED) is 0.142. The second kappa shape index (κ2) is 12.3. The molecule has 4 aromatic rings. The van der Waals surface area contributed by atoms with E-state index in [4.69, 9.17) is 14.2 Å². The molecule has 8 N–H and O–H groups in total. The van der Waals surface area contributed by atoms with Gasteiger partial charge in [0.1, 0.15) is 65.0 Å². The maximum absolute atomic E-state index is 10.8. The monoisotopic (exact) mass is 616 g/mol. The highest BCUT2D eigenvalue weighted by Gasteiger charge is 2.45. The molecule has 4 aromatic carbocycles. The SMILES string of the molecule is OC[C@H]1O[C@@H](Oc2cc(O)cc([C@H]3c4cc(/C=C/c5cc(O)cc(O)c5)ccc4O[C@@H]3c3ccc(O)cc3)c2)[C@H](O)[C@@H](O)[C@@H]1O. The number of fused-ring (bicyclic) bond motifs is 1.